The van der Waals surface area contributed by atoms with Gasteiger partial charge in [0.05, 0.1) is 15.8 Å². The van der Waals surface area contributed by atoms with Crippen LogP contribution in [0.4, 0.5) is 5.69 Å². The molecule has 0 spiro atoms. The summed E-state index contributed by atoms with van der Waals surface area (Å²) >= 11 is 0. The molecule has 0 saturated heterocycles. The van der Waals surface area contributed by atoms with Crippen molar-refractivity contribution in [2.75, 3.05) is 0 Å². The van der Waals surface area contributed by atoms with E-state index in [9.17, 15) is 10.1 Å². The van der Waals surface area contributed by atoms with Crippen molar-refractivity contribution < 1.29 is 4.92 Å². The normalized spacial score (nSPS) is 10.5. The highest BCUT2D eigenvalue weighted by Crippen LogP contribution is 2.26. The largest absolute Gasteiger partial charge is 0.343 e. The summed E-state index contributed by atoms with van der Waals surface area (Å²) in [6, 6.07) is 6.96. The molecule has 1 aromatic heterocycles. The molecule has 0 N–H and O–H groups in total. The van der Waals surface area contributed by atoms with Crippen LogP contribution in [0.1, 0.15) is 13.8 Å². The number of non-ortho nitro benzene ring substituents is 1. The minimum atomic E-state index is -0.340. The summed E-state index contributed by atoms with van der Waals surface area (Å²) in [4.78, 5) is 10.5. The van der Waals surface area contributed by atoms with Crippen LogP contribution in [0.3, 0.4) is 0 Å². The van der Waals surface area contributed by atoms with E-state index < -0.39 is 0 Å². The highest BCUT2D eigenvalue weighted by atomic mass is 16.6. The van der Waals surface area contributed by atoms with E-state index in [0.29, 0.717) is 5.39 Å². The average molecular weight is 230 g/mol. The number of nitro benzene ring substituents is 1. The van der Waals surface area contributed by atoms with E-state index in [0.717, 1.165) is 12.1 Å². The molecule has 0 amide bonds. The highest BCUT2D eigenvalue weighted by Gasteiger charge is 2.12. The maximum atomic E-state index is 10.9. The van der Waals surface area contributed by atoms with Gasteiger partial charge in [0.1, 0.15) is 0 Å². The number of hydrogen-bond acceptors (Lipinski definition) is 2. The summed E-state index contributed by atoms with van der Waals surface area (Å²) in [6.45, 7) is 4.81. The van der Waals surface area contributed by atoms with Gasteiger partial charge in [-0.15, -0.1) is 0 Å². The van der Waals surface area contributed by atoms with Crippen molar-refractivity contribution in [1.29, 1.82) is 0 Å². The smallest absolute Gasteiger partial charge is 0.278 e. The van der Waals surface area contributed by atoms with Crippen molar-refractivity contribution in [2.24, 2.45) is 0 Å². The van der Waals surface area contributed by atoms with Crippen LogP contribution in [0.5, 0.6) is 0 Å². The zero-order valence-electron chi connectivity index (χ0n) is 9.88. The summed E-state index contributed by atoms with van der Waals surface area (Å²) in [7, 11) is 0. The molecule has 0 aliphatic carbocycles. The zero-order valence-corrected chi connectivity index (χ0v) is 9.88. The van der Waals surface area contributed by atoms with E-state index in [4.69, 9.17) is 0 Å². The Balaban J connectivity index is 2.51. The molecule has 1 aromatic carbocycles. The third-order valence-corrected chi connectivity index (χ3v) is 2.68. The molecule has 2 rings (SSSR count). The monoisotopic (exact) mass is 230 g/mol. The van der Waals surface area contributed by atoms with Crippen molar-refractivity contribution in [3.63, 3.8) is 0 Å². The molecule has 4 nitrogen and oxygen atoms in total. The Kier molecular flexibility index (Phi) is 2.95. The van der Waals surface area contributed by atoms with Crippen LogP contribution in [-0.4, -0.2) is 9.49 Å². The molecule has 0 bridgehead atoms. The number of nitro groups is 1. The van der Waals surface area contributed by atoms with Crippen LogP contribution < -0.4 is 0 Å². The van der Waals surface area contributed by atoms with Gasteiger partial charge in [-0.25, -0.2) is 0 Å². The fourth-order valence-corrected chi connectivity index (χ4v) is 1.81. The molecule has 0 unspecified atom stereocenters. The number of allylic oxidation sites excluding steroid dienone is 2. The first-order chi connectivity index (χ1) is 8.09. The van der Waals surface area contributed by atoms with Crippen LogP contribution >= 0.6 is 0 Å². The van der Waals surface area contributed by atoms with Crippen LogP contribution in [0.15, 0.2) is 42.1 Å². The van der Waals surface area contributed by atoms with E-state index >= 15 is 0 Å². The van der Waals surface area contributed by atoms with Crippen molar-refractivity contribution in [3.05, 3.63) is 52.2 Å². The summed E-state index contributed by atoms with van der Waals surface area (Å²) in [6.07, 6.45) is 3.98. The Morgan fingerprint density at radius 3 is 2.82 bits per heavy atom. The topological polar surface area (TPSA) is 48.1 Å². The van der Waals surface area contributed by atoms with Gasteiger partial charge in [-0.05, 0) is 26.0 Å². The van der Waals surface area contributed by atoms with Gasteiger partial charge >= 0.3 is 0 Å². The number of hydrogen-bond donors (Lipinski definition) is 0. The minimum absolute atomic E-state index is 0.165. The van der Waals surface area contributed by atoms with Gasteiger partial charge in [-0.3, -0.25) is 10.1 Å². The second kappa shape index (κ2) is 4.41. The highest BCUT2D eigenvalue weighted by molar-refractivity contribution is 5.89. The van der Waals surface area contributed by atoms with Gasteiger partial charge in [0.25, 0.3) is 5.69 Å². The molecule has 4 heteroatoms. The maximum Gasteiger partial charge on any atom is 0.278 e. The first-order valence-corrected chi connectivity index (χ1v) is 5.45. The first-order valence-electron chi connectivity index (χ1n) is 5.45. The molecule has 0 fully saturated rings. The Labute approximate surface area is 99.3 Å². The number of aromatic nitrogens is 1. The van der Waals surface area contributed by atoms with E-state index in [1.807, 2.05) is 30.7 Å². The molecule has 2 aromatic rings. The molecule has 0 atom stereocenters. The lowest BCUT2D eigenvalue weighted by molar-refractivity contribution is -0.383. The molecule has 1 heterocycles. The fraction of sp³-hybridized carbons (Fsp3) is 0.231. The lowest BCUT2D eigenvalue weighted by atomic mass is 10.2. The van der Waals surface area contributed by atoms with E-state index in [1.54, 1.807) is 12.1 Å². The molecule has 0 radical (unpaired) electrons. The van der Waals surface area contributed by atoms with E-state index in [1.165, 1.54) is 11.6 Å². The average Bonchev–Trinajstić information content (AvgIpc) is 2.68. The Morgan fingerprint density at radius 2 is 2.18 bits per heavy atom. The van der Waals surface area contributed by atoms with Crippen molar-refractivity contribution in [1.82, 2.24) is 4.57 Å². The number of nitrogens with zero attached hydrogens (tertiary/aromatic N) is 2. The third kappa shape index (κ3) is 2.20. The lowest BCUT2D eigenvalue weighted by Crippen LogP contribution is -1.94. The van der Waals surface area contributed by atoms with Gasteiger partial charge in [0, 0.05) is 18.8 Å². The van der Waals surface area contributed by atoms with Crippen molar-refractivity contribution in [3.8, 4) is 0 Å². The standard InChI is InChI=1S/C13H14N2O2/c1-10(2)6-8-14-9-7-11-12(14)4-3-5-13(11)15(16)17/h3-7,9H,8H2,1-2H3. The lowest BCUT2D eigenvalue weighted by Gasteiger charge is -2.02. The quantitative estimate of drug-likeness (QED) is 0.460. The number of rotatable bonds is 3. The molecular formula is C13H14N2O2. The summed E-state index contributed by atoms with van der Waals surface area (Å²) in [5.41, 5.74) is 2.30. The fourth-order valence-electron chi connectivity index (χ4n) is 1.81. The molecule has 88 valence electrons. The van der Waals surface area contributed by atoms with Crippen LogP contribution in [0.2, 0.25) is 0 Å². The molecule has 0 aliphatic heterocycles. The predicted octanol–water partition coefficient (Wildman–Crippen LogP) is 3.52. The second-order valence-corrected chi connectivity index (χ2v) is 4.22. The molecule has 0 aliphatic rings. The minimum Gasteiger partial charge on any atom is -0.343 e. The van der Waals surface area contributed by atoms with E-state index in [-0.39, 0.29) is 10.6 Å². The number of fused-ring (bicyclic) bond motifs is 1. The van der Waals surface area contributed by atoms with Crippen LogP contribution in [0.25, 0.3) is 10.9 Å². The molecule has 0 saturated carbocycles. The predicted molar refractivity (Wildman–Crippen MR) is 68.0 cm³/mol. The SMILES string of the molecule is CC(C)=CCn1ccc2c([N+](=O)[O-])cccc21. The third-order valence-electron chi connectivity index (χ3n) is 2.68. The first kappa shape index (κ1) is 11.4. The summed E-state index contributed by atoms with van der Waals surface area (Å²) in [5.74, 6) is 0. The van der Waals surface area contributed by atoms with Crippen molar-refractivity contribution in [2.45, 2.75) is 20.4 Å². The zero-order chi connectivity index (χ0) is 12.4. The van der Waals surface area contributed by atoms with Gasteiger partial charge < -0.3 is 4.57 Å². The Hall–Kier alpha value is -2.10. The van der Waals surface area contributed by atoms with Gasteiger partial charge in [-0.2, -0.15) is 0 Å². The second-order valence-electron chi connectivity index (χ2n) is 4.22. The van der Waals surface area contributed by atoms with Crippen LogP contribution in [-0.2, 0) is 6.54 Å². The number of benzene rings is 1. The van der Waals surface area contributed by atoms with Gasteiger partial charge in [-0.1, -0.05) is 17.7 Å². The maximum absolute atomic E-state index is 10.9. The summed E-state index contributed by atoms with van der Waals surface area (Å²) < 4.78 is 2.01. The Bertz CT molecular complexity index is 592. The molecular weight excluding hydrogens is 216 g/mol. The van der Waals surface area contributed by atoms with Gasteiger partial charge in [0.15, 0.2) is 0 Å². The van der Waals surface area contributed by atoms with Crippen LogP contribution in [0, 0.1) is 10.1 Å². The summed E-state index contributed by atoms with van der Waals surface area (Å²) in [5, 5.41) is 11.6. The van der Waals surface area contributed by atoms with E-state index in [2.05, 4.69) is 6.08 Å². The van der Waals surface area contributed by atoms with Gasteiger partial charge in [0.2, 0.25) is 0 Å². The van der Waals surface area contributed by atoms with Crippen molar-refractivity contribution >= 4 is 16.6 Å². The Morgan fingerprint density at radius 1 is 1.41 bits per heavy atom. The molecule has 17 heavy (non-hydrogen) atoms.